The Labute approximate surface area is 184 Å². The van der Waals surface area contributed by atoms with Crippen LogP contribution in [0.15, 0.2) is 76.5 Å². The van der Waals surface area contributed by atoms with E-state index in [1.165, 1.54) is 6.08 Å². The summed E-state index contributed by atoms with van der Waals surface area (Å²) in [5.74, 6) is -1.21. The summed E-state index contributed by atoms with van der Waals surface area (Å²) in [7, 11) is 0. The highest BCUT2D eigenvalue weighted by molar-refractivity contribution is 8.27. The van der Waals surface area contributed by atoms with Gasteiger partial charge >= 0.3 is 6.18 Å². The number of fused-ring (bicyclic) bond motifs is 2. The first-order valence-electron chi connectivity index (χ1n) is 9.50. The van der Waals surface area contributed by atoms with Gasteiger partial charge in [-0.2, -0.15) is 28.3 Å². The number of alkyl halides is 3. The molecule has 2 aliphatic heterocycles. The van der Waals surface area contributed by atoms with E-state index in [2.05, 4.69) is 10.1 Å². The minimum atomic E-state index is -4.68. The van der Waals surface area contributed by atoms with E-state index in [0.717, 1.165) is 21.5 Å². The highest BCUT2D eigenvalue weighted by Gasteiger charge is 2.46. The highest BCUT2D eigenvalue weighted by Crippen LogP contribution is 2.35. The molecule has 5 rings (SSSR count). The summed E-state index contributed by atoms with van der Waals surface area (Å²) in [5.41, 5.74) is 2.56. The van der Waals surface area contributed by atoms with Gasteiger partial charge in [-0.15, -0.1) is 0 Å². The van der Waals surface area contributed by atoms with E-state index in [1.54, 1.807) is 0 Å². The number of benzene rings is 2. The Morgan fingerprint density at radius 3 is 2.53 bits per heavy atom. The van der Waals surface area contributed by atoms with Crippen LogP contribution < -0.4 is 0 Å². The Morgan fingerprint density at radius 1 is 1.06 bits per heavy atom. The molecule has 2 aromatic carbocycles. The van der Waals surface area contributed by atoms with Gasteiger partial charge in [0.1, 0.15) is 0 Å². The van der Waals surface area contributed by atoms with E-state index in [4.69, 9.17) is 5.41 Å². The van der Waals surface area contributed by atoms with Gasteiger partial charge in [-0.25, -0.2) is 0 Å². The van der Waals surface area contributed by atoms with E-state index in [9.17, 15) is 18.0 Å². The molecule has 1 N–H and O–H groups in total. The summed E-state index contributed by atoms with van der Waals surface area (Å²) in [4.78, 5) is 16.3. The number of amidine groups is 2. The molecule has 6 nitrogen and oxygen atoms in total. The van der Waals surface area contributed by atoms with Crippen LogP contribution in [0, 0.1) is 5.41 Å². The molecular formula is C22H14F3N5OS. The number of thioether (sulfide) groups is 1. The van der Waals surface area contributed by atoms with E-state index in [0.29, 0.717) is 12.1 Å². The van der Waals surface area contributed by atoms with Crippen LogP contribution in [-0.4, -0.2) is 37.7 Å². The summed E-state index contributed by atoms with van der Waals surface area (Å²) < 4.78 is 41.1. The molecule has 0 bridgehead atoms. The van der Waals surface area contributed by atoms with Crippen molar-refractivity contribution in [2.75, 3.05) is 0 Å². The first-order valence-corrected chi connectivity index (χ1v) is 10.3. The standard InChI is InChI=1S/C22H14F3N5OS/c23-22(24,25)20-28-30-18(26)16(19(31)27-21(30)32-20)10-14-12-29(11-13-6-2-1-3-7-13)17-9-5-4-8-15(14)17/h1-10,12,26H,11H2/b16-10-,26-18?. The fourth-order valence-electron chi connectivity index (χ4n) is 3.56. The largest absolute Gasteiger partial charge is 0.441 e. The van der Waals surface area contributed by atoms with E-state index in [1.807, 2.05) is 65.4 Å². The minimum Gasteiger partial charge on any atom is -0.342 e. The Morgan fingerprint density at radius 2 is 1.78 bits per heavy atom. The molecule has 2 aliphatic rings. The lowest BCUT2D eigenvalue weighted by molar-refractivity contribution is -0.114. The zero-order valence-corrected chi connectivity index (χ0v) is 17.1. The van der Waals surface area contributed by atoms with Crippen molar-refractivity contribution in [1.29, 1.82) is 5.41 Å². The maximum Gasteiger partial charge on any atom is 0.441 e. The summed E-state index contributed by atoms with van der Waals surface area (Å²) in [5, 5.41) is 11.9. The van der Waals surface area contributed by atoms with Crippen molar-refractivity contribution in [3.8, 4) is 0 Å². The molecule has 0 aliphatic carbocycles. The average molecular weight is 453 g/mol. The number of rotatable bonds is 3. The lowest BCUT2D eigenvalue weighted by atomic mass is 10.1. The van der Waals surface area contributed by atoms with Crippen LogP contribution in [-0.2, 0) is 11.3 Å². The number of aromatic nitrogens is 1. The Balaban J connectivity index is 1.56. The zero-order chi connectivity index (χ0) is 22.5. The van der Waals surface area contributed by atoms with Crippen LogP contribution in [0.1, 0.15) is 11.1 Å². The summed E-state index contributed by atoms with van der Waals surface area (Å²) in [6, 6.07) is 17.4. The van der Waals surface area contributed by atoms with Gasteiger partial charge in [0.25, 0.3) is 5.91 Å². The Bertz CT molecular complexity index is 1350. The van der Waals surface area contributed by atoms with Gasteiger partial charge < -0.3 is 4.57 Å². The van der Waals surface area contributed by atoms with E-state index < -0.39 is 23.0 Å². The summed E-state index contributed by atoms with van der Waals surface area (Å²) >= 11 is 0.233. The quantitative estimate of drug-likeness (QED) is 0.575. The van der Waals surface area contributed by atoms with Gasteiger partial charge in [0.05, 0.1) is 5.57 Å². The summed E-state index contributed by atoms with van der Waals surface area (Å²) in [6.07, 6.45) is -1.34. The van der Waals surface area contributed by atoms with Crippen molar-refractivity contribution in [1.82, 2.24) is 9.58 Å². The van der Waals surface area contributed by atoms with Crippen LogP contribution in [0.4, 0.5) is 13.2 Å². The molecule has 0 atom stereocenters. The van der Waals surface area contributed by atoms with Gasteiger partial charge in [0.2, 0.25) is 10.2 Å². The topological polar surface area (TPSA) is 73.8 Å². The molecule has 0 saturated heterocycles. The average Bonchev–Trinajstić information content (AvgIpc) is 3.34. The fraction of sp³-hybridized carbons (Fsp3) is 0.0909. The van der Waals surface area contributed by atoms with E-state index >= 15 is 0 Å². The molecule has 1 amide bonds. The van der Waals surface area contributed by atoms with Crippen molar-refractivity contribution >= 4 is 50.7 Å². The van der Waals surface area contributed by atoms with Gasteiger partial charge in [0.15, 0.2) is 5.84 Å². The number of aliphatic imine (C=N–C) groups is 1. The number of hydrogen-bond acceptors (Lipinski definition) is 4. The molecule has 32 heavy (non-hydrogen) atoms. The van der Waals surface area contributed by atoms with Gasteiger partial charge in [-0.1, -0.05) is 48.5 Å². The number of carbonyl (C=O) groups excluding carboxylic acids is 1. The van der Waals surface area contributed by atoms with Crippen LogP contribution in [0.25, 0.3) is 17.0 Å². The molecular weight excluding hydrogens is 439 g/mol. The maximum absolute atomic E-state index is 13.0. The van der Waals surface area contributed by atoms with E-state index in [-0.39, 0.29) is 22.5 Å². The zero-order valence-electron chi connectivity index (χ0n) is 16.3. The maximum atomic E-state index is 13.0. The molecule has 0 spiro atoms. The van der Waals surface area contributed by atoms with Crippen molar-refractivity contribution in [3.63, 3.8) is 0 Å². The molecule has 160 valence electrons. The smallest absolute Gasteiger partial charge is 0.342 e. The fourth-order valence-corrected chi connectivity index (χ4v) is 4.32. The number of hydrogen-bond donors (Lipinski definition) is 1. The van der Waals surface area contributed by atoms with Gasteiger partial charge in [0, 0.05) is 29.2 Å². The number of nitrogens with one attached hydrogen (secondary N) is 1. The SMILES string of the molecule is N=C1/C(=C/c2cn(Cc3ccccc3)c3ccccc23)C(=O)N=C2SC(C(F)(F)F)=NN12. The molecule has 0 unspecified atom stereocenters. The Hall–Kier alpha value is -3.66. The van der Waals surface area contributed by atoms with Gasteiger partial charge in [-0.05, 0) is 29.5 Å². The third-order valence-electron chi connectivity index (χ3n) is 5.01. The number of amides is 1. The van der Waals surface area contributed by atoms with Crippen molar-refractivity contribution in [2.24, 2.45) is 10.1 Å². The number of para-hydroxylation sites is 1. The molecule has 0 fully saturated rings. The monoisotopic (exact) mass is 453 g/mol. The summed E-state index contributed by atoms with van der Waals surface area (Å²) in [6.45, 7) is 0.597. The number of carbonyl (C=O) groups is 1. The molecule has 10 heteroatoms. The molecule has 0 radical (unpaired) electrons. The van der Waals surface area contributed by atoms with Gasteiger partial charge in [-0.3, -0.25) is 10.2 Å². The van der Waals surface area contributed by atoms with Crippen LogP contribution in [0.3, 0.4) is 0 Å². The predicted molar refractivity (Wildman–Crippen MR) is 119 cm³/mol. The second kappa shape index (κ2) is 7.49. The first kappa shape index (κ1) is 20.3. The molecule has 0 saturated carbocycles. The van der Waals surface area contributed by atoms with Crippen LogP contribution in [0.2, 0.25) is 0 Å². The molecule has 3 aromatic rings. The first-order chi connectivity index (χ1) is 15.3. The van der Waals surface area contributed by atoms with Crippen molar-refractivity contribution in [2.45, 2.75) is 12.7 Å². The number of nitrogens with zero attached hydrogens (tertiary/aromatic N) is 4. The minimum absolute atomic E-state index is 0.121. The third kappa shape index (κ3) is 3.52. The van der Waals surface area contributed by atoms with Crippen LogP contribution in [0.5, 0.6) is 0 Å². The second-order valence-electron chi connectivity index (χ2n) is 7.14. The van der Waals surface area contributed by atoms with Crippen molar-refractivity contribution < 1.29 is 18.0 Å². The molecule has 1 aromatic heterocycles. The third-order valence-corrected chi connectivity index (χ3v) is 5.97. The predicted octanol–water partition coefficient (Wildman–Crippen LogP) is 4.87. The van der Waals surface area contributed by atoms with Crippen LogP contribution >= 0.6 is 11.8 Å². The lowest BCUT2D eigenvalue weighted by Crippen LogP contribution is -2.35. The number of hydrazone groups is 1. The highest BCUT2D eigenvalue weighted by atomic mass is 32.2. The lowest BCUT2D eigenvalue weighted by Gasteiger charge is -2.20. The van der Waals surface area contributed by atoms with Crippen molar-refractivity contribution in [3.05, 3.63) is 77.5 Å². The molecule has 3 heterocycles. The Kier molecular flexibility index (Phi) is 4.74. The number of halogens is 3. The second-order valence-corrected chi connectivity index (χ2v) is 8.09. The normalized spacial score (nSPS) is 17.7.